The minimum atomic E-state index is -0.375. The third-order valence-electron chi connectivity index (χ3n) is 5.20. The summed E-state index contributed by atoms with van der Waals surface area (Å²) in [5.41, 5.74) is 1.77. The molecule has 0 radical (unpaired) electrons. The molecule has 1 aliphatic rings. The Hall–Kier alpha value is -2.04. The van der Waals surface area contributed by atoms with Crippen LogP contribution >= 0.6 is 0 Å². The van der Waals surface area contributed by atoms with E-state index >= 15 is 0 Å². The zero-order valence-electron chi connectivity index (χ0n) is 20.5. The Morgan fingerprint density at radius 1 is 1.10 bits per heavy atom. The molecule has 30 heavy (non-hydrogen) atoms. The fraction of sp³-hybridized carbons (Fsp3) is 0.680. The summed E-state index contributed by atoms with van der Waals surface area (Å²) in [7, 11) is 0. The van der Waals surface area contributed by atoms with Crippen LogP contribution in [0.15, 0.2) is 24.3 Å². The molecule has 5 heteroatoms. The van der Waals surface area contributed by atoms with Gasteiger partial charge in [-0.3, -0.25) is 4.79 Å². The van der Waals surface area contributed by atoms with Crippen LogP contribution in [0.2, 0.25) is 0 Å². The first-order valence-corrected chi connectivity index (χ1v) is 11.1. The molecule has 0 spiro atoms. The lowest BCUT2D eigenvalue weighted by Crippen LogP contribution is -2.41. The Morgan fingerprint density at radius 2 is 1.67 bits per heavy atom. The van der Waals surface area contributed by atoms with Crippen LogP contribution in [0.3, 0.4) is 0 Å². The van der Waals surface area contributed by atoms with Crippen molar-refractivity contribution in [3.8, 4) is 0 Å². The Morgan fingerprint density at radius 3 is 2.13 bits per heavy atom. The number of rotatable bonds is 3. The second-order valence-corrected chi connectivity index (χ2v) is 10.2. The molecule has 1 aromatic rings. The molecular formula is C25H42N2O3. The van der Waals surface area contributed by atoms with Crippen molar-refractivity contribution in [3.63, 3.8) is 0 Å². The number of ether oxygens (including phenoxy) is 1. The third-order valence-corrected chi connectivity index (χ3v) is 5.20. The molecule has 1 saturated heterocycles. The van der Waals surface area contributed by atoms with Crippen LogP contribution in [-0.4, -0.2) is 35.6 Å². The molecular weight excluding hydrogens is 376 g/mol. The molecule has 1 aromatic carbocycles. The summed E-state index contributed by atoms with van der Waals surface area (Å²) < 4.78 is 5.30. The van der Waals surface area contributed by atoms with Crippen molar-refractivity contribution in [2.24, 2.45) is 5.92 Å². The van der Waals surface area contributed by atoms with Gasteiger partial charge < -0.3 is 15.0 Å². The van der Waals surface area contributed by atoms with Gasteiger partial charge in [0.05, 0.1) is 5.54 Å². The predicted octanol–water partition coefficient (Wildman–Crippen LogP) is 5.83. The number of hydrogen-bond donors (Lipinski definition) is 1. The molecule has 0 aromatic heterocycles. The van der Waals surface area contributed by atoms with Gasteiger partial charge in [-0.1, -0.05) is 45.0 Å². The highest BCUT2D eigenvalue weighted by Gasteiger charge is 2.25. The highest BCUT2D eigenvalue weighted by atomic mass is 16.6. The van der Waals surface area contributed by atoms with E-state index in [9.17, 15) is 9.59 Å². The average molecular weight is 419 g/mol. The van der Waals surface area contributed by atoms with Crippen molar-refractivity contribution in [2.45, 2.75) is 92.2 Å². The fourth-order valence-corrected chi connectivity index (χ4v) is 3.32. The molecule has 1 aliphatic heterocycles. The number of nitrogens with one attached hydrogen (secondary N) is 1. The molecule has 2 rings (SSSR count). The quantitative estimate of drug-likeness (QED) is 0.671. The van der Waals surface area contributed by atoms with Gasteiger partial charge in [0.2, 0.25) is 5.91 Å². The van der Waals surface area contributed by atoms with Crippen LogP contribution in [0.25, 0.3) is 0 Å². The first-order chi connectivity index (χ1) is 13.7. The molecule has 0 aliphatic carbocycles. The van der Waals surface area contributed by atoms with Crippen molar-refractivity contribution in [3.05, 3.63) is 35.4 Å². The zero-order chi connectivity index (χ0) is 23.1. The van der Waals surface area contributed by atoms with Crippen LogP contribution in [-0.2, 0) is 15.1 Å². The smallest absolute Gasteiger partial charge is 0.410 e. The summed E-state index contributed by atoms with van der Waals surface area (Å²) in [6, 6.07) is 8.40. The summed E-state index contributed by atoms with van der Waals surface area (Å²) in [4.78, 5) is 24.6. The minimum absolute atomic E-state index is 0.0000463. The van der Waals surface area contributed by atoms with E-state index in [1.807, 2.05) is 45.6 Å². The monoisotopic (exact) mass is 418 g/mol. The van der Waals surface area contributed by atoms with Gasteiger partial charge in [-0.05, 0) is 70.4 Å². The molecule has 170 valence electrons. The van der Waals surface area contributed by atoms with Gasteiger partial charge in [0, 0.05) is 20.0 Å². The van der Waals surface area contributed by atoms with E-state index in [1.165, 1.54) is 5.56 Å². The molecule has 2 amide bonds. The maximum Gasteiger partial charge on any atom is 0.410 e. The van der Waals surface area contributed by atoms with Crippen LogP contribution in [0, 0.1) is 5.92 Å². The van der Waals surface area contributed by atoms with Gasteiger partial charge in [-0.2, -0.15) is 0 Å². The molecule has 0 atom stereocenters. The van der Waals surface area contributed by atoms with Crippen molar-refractivity contribution in [2.75, 3.05) is 13.1 Å². The molecule has 5 nitrogen and oxygen atoms in total. The lowest BCUT2D eigenvalue weighted by molar-refractivity contribution is -0.120. The normalized spacial score (nSPS) is 15.3. The summed E-state index contributed by atoms with van der Waals surface area (Å²) >= 11 is 0. The fourth-order valence-electron chi connectivity index (χ4n) is 3.32. The first-order valence-electron chi connectivity index (χ1n) is 11.1. The van der Waals surface area contributed by atoms with E-state index in [0.717, 1.165) is 37.4 Å². The summed E-state index contributed by atoms with van der Waals surface area (Å²) in [6.07, 6.45) is 2.03. The van der Waals surface area contributed by atoms with Gasteiger partial charge in [0.25, 0.3) is 0 Å². The van der Waals surface area contributed by atoms with Crippen molar-refractivity contribution in [1.82, 2.24) is 10.2 Å². The summed E-state index contributed by atoms with van der Waals surface area (Å²) in [6.45, 7) is 19.6. The number of benzene rings is 1. The second-order valence-electron chi connectivity index (χ2n) is 10.2. The van der Waals surface area contributed by atoms with Crippen LogP contribution in [0.5, 0.6) is 0 Å². The minimum Gasteiger partial charge on any atom is -0.444 e. The topological polar surface area (TPSA) is 58.6 Å². The molecule has 0 saturated carbocycles. The molecule has 1 fully saturated rings. The Balaban J connectivity index is 0.000000303. The SMILES string of the molecule is CC(=O)NC(C)(C)c1cccc(C(C)C)c1.CC1CCN(C(=O)OC(C)(C)C)CC1. The summed E-state index contributed by atoms with van der Waals surface area (Å²) in [5.74, 6) is 1.25. The van der Waals surface area contributed by atoms with Crippen LogP contribution in [0.1, 0.15) is 92.2 Å². The van der Waals surface area contributed by atoms with E-state index in [-0.39, 0.29) is 23.1 Å². The van der Waals surface area contributed by atoms with Crippen LogP contribution < -0.4 is 5.32 Å². The Kier molecular flexibility index (Phi) is 9.38. The number of piperidine rings is 1. The number of carbonyl (C=O) groups excluding carboxylic acids is 2. The lowest BCUT2D eigenvalue weighted by Gasteiger charge is -2.32. The number of amides is 2. The first kappa shape index (κ1) is 26.0. The number of nitrogens with zero attached hydrogens (tertiary/aromatic N) is 1. The Bertz CT molecular complexity index is 697. The molecule has 1 N–H and O–H groups in total. The third kappa shape index (κ3) is 9.19. The van der Waals surface area contributed by atoms with Gasteiger partial charge in [-0.15, -0.1) is 0 Å². The molecule has 0 bridgehead atoms. The standard InChI is InChI=1S/C14H21NO.C11H21NO2/c1-10(2)12-7-6-8-13(9-12)14(4,5)15-11(3)16;1-9-5-7-12(8-6-9)10(13)14-11(2,3)4/h6-10H,1-5H3,(H,15,16);9H,5-8H2,1-4H3. The number of hydrogen-bond acceptors (Lipinski definition) is 3. The van der Waals surface area contributed by atoms with Gasteiger partial charge in [-0.25, -0.2) is 4.79 Å². The van der Waals surface area contributed by atoms with Gasteiger partial charge in [0.15, 0.2) is 0 Å². The Labute approximate surface area is 183 Å². The van der Waals surface area contributed by atoms with E-state index in [1.54, 1.807) is 6.92 Å². The number of likely N-dealkylation sites (tertiary alicyclic amines) is 1. The van der Waals surface area contributed by atoms with Crippen molar-refractivity contribution in [1.29, 1.82) is 0 Å². The zero-order valence-corrected chi connectivity index (χ0v) is 20.5. The number of carbonyl (C=O) groups is 2. The predicted molar refractivity (Wildman–Crippen MR) is 124 cm³/mol. The van der Waals surface area contributed by atoms with Crippen LogP contribution in [0.4, 0.5) is 4.79 Å². The van der Waals surface area contributed by atoms with Gasteiger partial charge >= 0.3 is 6.09 Å². The van der Waals surface area contributed by atoms with E-state index < -0.39 is 0 Å². The maximum atomic E-state index is 11.6. The lowest BCUT2D eigenvalue weighted by atomic mass is 9.90. The van der Waals surface area contributed by atoms with Gasteiger partial charge in [0.1, 0.15) is 5.60 Å². The average Bonchev–Trinajstić information content (AvgIpc) is 2.60. The largest absolute Gasteiger partial charge is 0.444 e. The van der Waals surface area contributed by atoms with Crippen molar-refractivity contribution >= 4 is 12.0 Å². The van der Waals surface area contributed by atoms with E-state index in [2.05, 4.69) is 44.3 Å². The molecule has 1 heterocycles. The van der Waals surface area contributed by atoms with Crippen molar-refractivity contribution < 1.29 is 14.3 Å². The molecule has 0 unspecified atom stereocenters. The van der Waals surface area contributed by atoms with E-state index in [0.29, 0.717) is 5.92 Å². The second kappa shape index (κ2) is 10.8. The van der Waals surface area contributed by atoms with E-state index in [4.69, 9.17) is 4.74 Å². The highest BCUT2D eigenvalue weighted by Crippen LogP contribution is 2.24. The summed E-state index contributed by atoms with van der Waals surface area (Å²) in [5, 5.41) is 2.96. The highest BCUT2D eigenvalue weighted by molar-refractivity contribution is 5.74. The maximum absolute atomic E-state index is 11.6.